The van der Waals surface area contributed by atoms with Crippen molar-refractivity contribution in [2.24, 2.45) is 0 Å². The van der Waals surface area contributed by atoms with Gasteiger partial charge in [-0.1, -0.05) is 109 Å². The molecule has 0 unspecified atom stereocenters. The molecular formula is C40H24N4OS. The monoisotopic (exact) mass is 608 g/mol. The maximum atomic E-state index is 6.19. The van der Waals surface area contributed by atoms with Gasteiger partial charge in [0.25, 0.3) is 0 Å². The largest absolute Gasteiger partial charge is 0.436 e. The second kappa shape index (κ2) is 10.9. The number of hydrogen-bond donors (Lipinski definition) is 0. The number of aromatic nitrogens is 4. The van der Waals surface area contributed by atoms with Gasteiger partial charge in [-0.15, -0.1) is 11.3 Å². The van der Waals surface area contributed by atoms with E-state index in [-0.39, 0.29) is 0 Å². The summed E-state index contributed by atoms with van der Waals surface area (Å²) < 4.78 is 8.50. The fourth-order valence-electron chi connectivity index (χ4n) is 5.86. The Morgan fingerprint density at radius 2 is 0.957 bits per heavy atom. The highest BCUT2D eigenvalue weighted by Crippen LogP contribution is 2.39. The summed E-state index contributed by atoms with van der Waals surface area (Å²) in [6.45, 7) is 0. The first-order valence-electron chi connectivity index (χ1n) is 15.1. The first-order valence-corrected chi connectivity index (χ1v) is 15.9. The molecule has 0 N–H and O–H groups in total. The van der Waals surface area contributed by atoms with Crippen LogP contribution in [0.3, 0.4) is 0 Å². The number of thiophene rings is 1. The van der Waals surface area contributed by atoms with Gasteiger partial charge in [-0.3, -0.25) is 0 Å². The lowest BCUT2D eigenvalue weighted by Gasteiger charge is -2.10. The Hall–Kier alpha value is -5.98. The van der Waals surface area contributed by atoms with E-state index in [0.717, 1.165) is 64.7 Å². The quantitative estimate of drug-likeness (QED) is 0.194. The minimum absolute atomic E-state index is 0.633. The lowest BCUT2D eigenvalue weighted by atomic mass is 10.0. The normalized spacial score (nSPS) is 11.5. The van der Waals surface area contributed by atoms with Crippen molar-refractivity contribution in [1.82, 2.24) is 19.9 Å². The van der Waals surface area contributed by atoms with Gasteiger partial charge in [0.1, 0.15) is 5.52 Å². The molecule has 0 aliphatic carbocycles. The van der Waals surface area contributed by atoms with Gasteiger partial charge < -0.3 is 4.42 Å². The van der Waals surface area contributed by atoms with Crippen LogP contribution in [0.4, 0.5) is 0 Å². The SMILES string of the molecule is c1ccc(-c2cccc(-c3nc(-c4ccccc4)nc(-c4ccc5c(c4)sc4cc6nc(-c7ccccc7)oc6cc45)n3)c2)cc1. The van der Waals surface area contributed by atoms with Crippen LogP contribution in [-0.2, 0) is 0 Å². The number of benzene rings is 6. The molecule has 0 amide bonds. The van der Waals surface area contributed by atoms with Crippen LogP contribution in [0, 0.1) is 0 Å². The predicted molar refractivity (Wildman–Crippen MR) is 187 cm³/mol. The molecule has 46 heavy (non-hydrogen) atoms. The number of hydrogen-bond acceptors (Lipinski definition) is 6. The Kier molecular flexibility index (Phi) is 6.25. The minimum Gasteiger partial charge on any atom is -0.436 e. The Balaban J connectivity index is 1.16. The summed E-state index contributed by atoms with van der Waals surface area (Å²) in [5.74, 6) is 2.55. The molecule has 0 saturated heterocycles. The van der Waals surface area contributed by atoms with Crippen LogP contribution >= 0.6 is 11.3 Å². The molecule has 216 valence electrons. The number of oxazole rings is 1. The summed E-state index contributed by atoms with van der Waals surface area (Å²) in [7, 11) is 0. The van der Waals surface area contributed by atoms with Crippen LogP contribution in [-0.4, -0.2) is 19.9 Å². The molecule has 3 aromatic heterocycles. The van der Waals surface area contributed by atoms with Crippen molar-refractivity contribution in [3.05, 3.63) is 146 Å². The van der Waals surface area contributed by atoms with Gasteiger partial charge in [0.2, 0.25) is 5.89 Å². The molecule has 0 atom stereocenters. The third kappa shape index (κ3) is 4.72. The van der Waals surface area contributed by atoms with Gasteiger partial charge in [0.15, 0.2) is 23.1 Å². The van der Waals surface area contributed by atoms with Crippen molar-refractivity contribution < 1.29 is 4.42 Å². The number of fused-ring (bicyclic) bond motifs is 4. The number of nitrogens with zero attached hydrogens (tertiary/aromatic N) is 4. The highest BCUT2D eigenvalue weighted by molar-refractivity contribution is 7.25. The second-order valence-corrected chi connectivity index (χ2v) is 12.2. The van der Waals surface area contributed by atoms with Crippen LogP contribution in [0.2, 0.25) is 0 Å². The molecule has 0 bridgehead atoms. The lowest BCUT2D eigenvalue weighted by molar-refractivity contribution is 0.620. The first-order chi connectivity index (χ1) is 22.7. The zero-order valence-corrected chi connectivity index (χ0v) is 25.3. The van der Waals surface area contributed by atoms with Crippen molar-refractivity contribution in [1.29, 1.82) is 0 Å². The maximum absolute atomic E-state index is 6.19. The van der Waals surface area contributed by atoms with Gasteiger partial charge in [0.05, 0.1) is 0 Å². The molecule has 6 aromatic carbocycles. The summed E-state index contributed by atoms with van der Waals surface area (Å²) in [4.78, 5) is 19.7. The van der Waals surface area contributed by atoms with Gasteiger partial charge in [0, 0.05) is 42.4 Å². The van der Waals surface area contributed by atoms with E-state index >= 15 is 0 Å². The zero-order chi connectivity index (χ0) is 30.5. The molecule has 9 aromatic rings. The lowest BCUT2D eigenvalue weighted by Crippen LogP contribution is -2.00. The van der Waals surface area contributed by atoms with Crippen molar-refractivity contribution in [2.75, 3.05) is 0 Å². The van der Waals surface area contributed by atoms with E-state index in [4.69, 9.17) is 24.4 Å². The van der Waals surface area contributed by atoms with Crippen molar-refractivity contribution in [2.45, 2.75) is 0 Å². The van der Waals surface area contributed by atoms with E-state index in [1.54, 1.807) is 11.3 Å². The average molecular weight is 609 g/mol. The van der Waals surface area contributed by atoms with Crippen molar-refractivity contribution in [3.8, 4) is 56.7 Å². The van der Waals surface area contributed by atoms with Gasteiger partial charge >= 0.3 is 0 Å². The van der Waals surface area contributed by atoms with Crippen LogP contribution < -0.4 is 0 Å². The fraction of sp³-hybridized carbons (Fsp3) is 0. The molecule has 0 spiro atoms. The second-order valence-electron chi connectivity index (χ2n) is 11.1. The van der Waals surface area contributed by atoms with E-state index in [1.807, 2.05) is 66.7 Å². The molecule has 5 nitrogen and oxygen atoms in total. The smallest absolute Gasteiger partial charge is 0.227 e. The number of rotatable bonds is 5. The van der Waals surface area contributed by atoms with E-state index in [2.05, 4.69) is 78.9 Å². The Morgan fingerprint density at radius 3 is 1.67 bits per heavy atom. The summed E-state index contributed by atoms with van der Waals surface area (Å²) in [5.41, 5.74) is 7.68. The average Bonchev–Trinajstić information content (AvgIpc) is 3.71. The summed E-state index contributed by atoms with van der Waals surface area (Å²) in [5, 5.41) is 2.31. The minimum atomic E-state index is 0.633. The van der Waals surface area contributed by atoms with Gasteiger partial charge in [-0.2, -0.15) is 0 Å². The first kappa shape index (κ1) is 26.4. The highest BCUT2D eigenvalue weighted by atomic mass is 32.1. The molecule has 0 radical (unpaired) electrons. The van der Waals surface area contributed by atoms with Crippen molar-refractivity contribution >= 4 is 42.6 Å². The standard InChI is InChI=1S/C40H24N4OS/c1-4-11-25(12-5-1)28-17-10-18-29(21-28)38-42-37(26-13-6-2-7-14-26)43-39(44-38)30-19-20-31-32-23-34-33(24-36(32)46-35(31)22-30)41-40(45-34)27-15-8-3-9-16-27/h1-24H. The molecule has 0 aliphatic heterocycles. The summed E-state index contributed by atoms with van der Waals surface area (Å²) in [6.07, 6.45) is 0. The van der Waals surface area contributed by atoms with Crippen LogP contribution in [0.5, 0.6) is 0 Å². The Bertz CT molecular complexity index is 2520. The van der Waals surface area contributed by atoms with Crippen LogP contribution in [0.15, 0.2) is 150 Å². The topological polar surface area (TPSA) is 64.7 Å². The molecular weight excluding hydrogens is 585 g/mol. The Labute approximate surface area is 268 Å². The molecule has 9 rings (SSSR count). The van der Waals surface area contributed by atoms with E-state index in [1.165, 1.54) is 0 Å². The van der Waals surface area contributed by atoms with E-state index in [9.17, 15) is 0 Å². The van der Waals surface area contributed by atoms with Gasteiger partial charge in [-0.25, -0.2) is 19.9 Å². The third-order valence-electron chi connectivity index (χ3n) is 8.16. The van der Waals surface area contributed by atoms with Crippen molar-refractivity contribution in [3.63, 3.8) is 0 Å². The highest BCUT2D eigenvalue weighted by Gasteiger charge is 2.16. The molecule has 6 heteroatoms. The van der Waals surface area contributed by atoms with Gasteiger partial charge in [-0.05, 0) is 47.5 Å². The molecule has 0 saturated carbocycles. The predicted octanol–water partition coefficient (Wildman–Crippen LogP) is 10.7. The molecule has 3 heterocycles. The zero-order valence-electron chi connectivity index (χ0n) is 24.5. The fourth-order valence-corrected chi connectivity index (χ4v) is 7.02. The van der Waals surface area contributed by atoms with Crippen LogP contribution in [0.25, 0.3) is 88.0 Å². The summed E-state index contributed by atoms with van der Waals surface area (Å²) in [6, 6.07) is 49.5. The molecule has 0 fully saturated rings. The summed E-state index contributed by atoms with van der Waals surface area (Å²) >= 11 is 1.74. The third-order valence-corrected chi connectivity index (χ3v) is 9.27. The Morgan fingerprint density at radius 1 is 0.391 bits per heavy atom. The van der Waals surface area contributed by atoms with E-state index < -0.39 is 0 Å². The maximum Gasteiger partial charge on any atom is 0.227 e. The van der Waals surface area contributed by atoms with Crippen LogP contribution in [0.1, 0.15) is 0 Å². The molecule has 0 aliphatic rings. The van der Waals surface area contributed by atoms with E-state index in [0.29, 0.717) is 23.4 Å².